The Balaban J connectivity index is 3.05. The zero-order valence-corrected chi connectivity index (χ0v) is 9.18. The maximum Gasteiger partial charge on any atom is 0.147 e. The molecule has 70 valence electrons. The smallest absolute Gasteiger partial charge is 0.147 e. The van der Waals surface area contributed by atoms with Crippen molar-refractivity contribution in [1.29, 1.82) is 0 Å². The van der Waals surface area contributed by atoms with Gasteiger partial charge in [-0.15, -0.1) is 0 Å². The Bertz CT molecular complexity index is 321. The first-order valence-electron chi connectivity index (χ1n) is 3.89. The molecule has 1 nitrogen and oxygen atoms in total. The molecule has 0 fully saturated rings. The van der Waals surface area contributed by atoms with Gasteiger partial charge in [0, 0.05) is 14.1 Å². The summed E-state index contributed by atoms with van der Waals surface area (Å²) in [4.78, 5) is 3.45. The Morgan fingerprint density at radius 2 is 2.08 bits per heavy atom. The zero-order valence-electron chi connectivity index (χ0n) is 7.59. The van der Waals surface area contributed by atoms with Crippen LogP contribution in [-0.4, -0.2) is 14.1 Å². The van der Waals surface area contributed by atoms with E-state index in [1.807, 2.05) is 20.2 Å². The molecule has 0 radical (unpaired) electrons. The summed E-state index contributed by atoms with van der Waals surface area (Å²) in [6.45, 7) is 0. The minimum Gasteiger partial charge on any atom is -0.375 e. The summed E-state index contributed by atoms with van der Waals surface area (Å²) in [5.74, 6) is -0.201. The third kappa shape index (κ3) is 2.56. The van der Waals surface area contributed by atoms with Crippen LogP contribution in [0.3, 0.4) is 0 Å². The SMILES string of the molecule is CN(C)c1ccc(/C=C/Br)cc1F. The van der Waals surface area contributed by atoms with Gasteiger partial charge in [0.05, 0.1) is 5.69 Å². The van der Waals surface area contributed by atoms with E-state index in [1.165, 1.54) is 6.07 Å². The largest absolute Gasteiger partial charge is 0.375 e. The molecule has 0 atom stereocenters. The van der Waals surface area contributed by atoms with E-state index in [0.717, 1.165) is 5.56 Å². The second-order valence-electron chi connectivity index (χ2n) is 2.90. The van der Waals surface area contributed by atoms with Crippen molar-refractivity contribution in [3.05, 3.63) is 34.6 Å². The highest BCUT2D eigenvalue weighted by Crippen LogP contribution is 2.19. The Kier molecular flexibility index (Phi) is 3.48. The highest BCUT2D eigenvalue weighted by molar-refractivity contribution is 9.11. The number of rotatable bonds is 2. The first-order chi connectivity index (χ1) is 6.15. The third-order valence-electron chi connectivity index (χ3n) is 1.71. The average Bonchev–Trinajstić information content (AvgIpc) is 2.04. The standard InChI is InChI=1S/C10H11BrFN/c1-13(2)10-4-3-8(5-6-11)7-9(10)12/h3-7H,1-2H3/b6-5+. The molecule has 0 unspecified atom stereocenters. The summed E-state index contributed by atoms with van der Waals surface area (Å²) in [6, 6.07) is 5.14. The van der Waals surface area contributed by atoms with Gasteiger partial charge in [-0.25, -0.2) is 4.39 Å². The van der Waals surface area contributed by atoms with Crippen molar-refractivity contribution in [2.75, 3.05) is 19.0 Å². The van der Waals surface area contributed by atoms with Gasteiger partial charge in [0.1, 0.15) is 5.82 Å². The Morgan fingerprint density at radius 1 is 1.38 bits per heavy atom. The van der Waals surface area contributed by atoms with E-state index in [2.05, 4.69) is 15.9 Å². The fourth-order valence-corrected chi connectivity index (χ4v) is 1.37. The van der Waals surface area contributed by atoms with Crippen LogP contribution in [0.1, 0.15) is 5.56 Å². The lowest BCUT2D eigenvalue weighted by Gasteiger charge is -2.13. The van der Waals surface area contributed by atoms with Gasteiger partial charge in [0.2, 0.25) is 0 Å². The topological polar surface area (TPSA) is 3.24 Å². The third-order valence-corrected chi connectivity index (χ3v) is 1.97. The van der Waals surface area contributed by atoms with Crippen molar-refractivity contribution in [2.45, 2.75) is 0 Å². The molecule has 0 aliphatic rings. The Morgan fingerprint density at radius 3 is 2.54 bits per heavy atom. The molecule has 0 bridgehead atoms. The van der Waals surface area contributed by atoms with E-state index in [1.54, 1.807) is 22.0 Å². The maximum atomic E-state index is 13.3. The molecule has 0 saturated heterocycles. The molecular weight excluding hydrogens is 233 g/mol. The van der Waals surface area contributed by atoms with Crippen molar-refractivity contribution >= 4 is 27.7 Å². The summed E-state index contributed by atoms with van der Waals surface area (Å²) >= 11 is 3.14. The van der Waals surface area contributed by atoms with Crippen molar-refractivity contribution in [1.82, 2.24) is 0 Å². The number of anilines is 1. The Labute approximate surface area is 86.0 Å². The van der Waals surface area contributed by atoms with Gasteiger partial charge >= 0.3 is 0 Å². The van der Waals surface area contributed by atoms with Crippen molar-refractivity contribution in [3.63, 3.8) is 0 Å². The van der Waals surface area contributed by atoms with Gasteiger partial charge in [-0.2, -0.15) is 0 Å². The predicted molar refractivity (Wildman–Crippen MR) is 58.7 cm³/mol. The molecule has 1 aromatic rings. The van der Waals surface area contributed by atoms with Crippen LogP contribution in [0.25, 0.3) is 6.08 Å². The molecular formula is C10H11BrFN. The molecule has 1 aromatic carbocycles. The van der Waals surface area contributed by atoms with Crippen LogP contribution in [0.2, 0.25) is 0 Å². The van der Waals surface area contributed by atoms with E-state index in [9.17, 15) is 4.39 Å². The van der Waals surface area contributed by atoms with Crippen LogP contribution >= 0.6 is 15.9 Å². The lowest BCUT2D eigenvalue weighted by atomic mass is 10.2. The molecule has 0 amide bonds. The lowest BCUT2D eigenvalue weighted by Crippen LogP contribution is -2.10. The molecule has 13 heavy (non-hydrogen) atoms. The number of halogens is 2. The number of benzene rings is 1. The predicted octanol–water partition coefficient (Wildman–Crippen LogP) is 3.26. The highest BCUT2D eigenvalue weighted by atomic mass is 79.9. The van der Waals surface area contributed by atoms with Crippen molar-refractivity contribution < 1.29 is 4.39 Å². The normalized spacial score (nSPS) is 10.8. The molecule has 0 heterocycles. The minimum absolute atomic E-state index is 0.201. The monoisotopic (exact) mass is 243 g/mol. The molecule has 1 rings (SSSR count). The molecule has 0 aliphatic carbocycles. The number of nitrogens with zero attached hydrogens (tertiary/aromatic N) is 1. The number of hydrogen-bond donors (Lipinski definition) is 0. The van der Waals surface area contributed by atoms with E-state index in [-0.39, 0.29) is 5.82 Å². The first-order valence-corrected chi connectivity index (χ1v) is 4.80. The van der Waals surface area contributed by atoms with Crippen LogP contribution in [0, 0.1) is 5.82 Å². The van der Waals surface area contributed by atoms with Gasteiger partial charge in [-0.1, -0.05) is 22.0 Å². The van der Waals surface area contributed by atoms with Crippen LogP contribution in [0.4, 0.5) is 10.1 Å². The average molecular weight is 244 g/mol. The van der Waals surface area contributed by atoms with Gasteiger partial charge in [-0.05, 0) is 28.8 Å². The molecule has 0 N–H and O–H groups in total. The molecule has 0 aromatic heterocycles. The van der Waals surface area contributed by atoms with Crippen LogP contribution < -0.4 is 4.90 Å². The molecule has 0 spiro atoms. The lowest BCUT2D eigenvalue weighted by molar-refractivity contribution is 0.626. The van der Waals surface area contributed by atoms with Crippen molar-refractivity contribution in [3.8, 4) is 0 Å². The highest BCUT2D eigenvalue weighted by Gasteiger charge is 2.03. The molecule has 3 heteroatoms. The second kappa shape index (κ2) is 4.42. The zero-order chi connectivity index (χ0) is 9.84. The summed E-state index contributed by atoms with van der Waals surface area (Å²) < 4.78 is 13.3. The van der Waals surface area contributed by atoms with Gasteiger partial charge in [-0.3, -0.25) is 0 Å². The van der Waals surface area contributed by atoms with E-state index >= 15 is 0 Å². The van der Waals surface area contributed by atoms with Gasteiger partial charge < -0.3 is 4.90 Å². The van der Waals surface area contributed by atoms with Gasteiger partial charge in [0.15, 0.2) is 0 Å². The summed E-state index contributed by atoms with van der Waals surface area (Å²) in [5.41, 5.74) is 1.45. The van der Waals surface area contributed by atoms with Gasteiger partial charge in [0.25, 0.3) is 0 Å². The van der Waals surface area contributed by atoms with E-state index < -0.39 is 0 Å². The minimum atomic E-state index is -0.201. The summed E-state index contributed by atoms with van der Waals surface area (Å²) in [7, 11) is 3.64. The molecule has 0 aliphatic heterocycles. The van der Waals surface area contributed by atoms with Crippen LogP contribution in [0.5, 0.6) is 0 Å². The summed E-state index contributed by atoms with van der Waals surface area (Å²) in [6.07, 6.45) is 1.79. The molecule has 0 saturated carbocycles. The Hall–Kier alpha value is -0.830. The van der Waals surface area contributed by atoms with Crippen LogP contribution in [-0.2, 0) is 0 Å². The van der Waals surface area contributed by atoms with E-state index in [4.69, 9.17) is 0 Å². The number of hydrogen-bond acceptors (Lipinski definition) is 1. The van der Waals surface area contributed by atoms with E-state index in [0.29, 0.717) is 5.69 Å². The maximum absolute atomic E-state index is 13.3. The quantitative estimate of drug-likeness (QED) is 0.771. The summed E-state index contributed by atoms with van der Waals surface area (Å²) in [5, 5.41) is 0. The van der Waals surface area contributed by atoms with Crippen molar-refractivity contribution in [2.24, 2.45) is 0 Å². The van der Waals surface area contributed by atoms with Crippen LogP contribution in [0.15, 0.2) is 23.2 Å². The fourth-order valence-electron chi connectivity index (χ4n) is 1.06. The first kappa shape index (κ1) is 10.3. The fraction of sp³-hybridized carbons (Fsp3) is 0.200. The second-order valence-corrected chi connectivity index (χ2v) is 3.43.